The van der Waals surface area contributed by atoms with E-state index in [1.807, 2.05) is 30.3 Å². The first-order valence-corrected chi connectivity index (χ1v) is 6.55. The van der Waals surface area contributed by atoms with Crippen molar-refractivity contribution in [2.75, 3.05) is 13.7 Å². The van der Waals surface area contributed by atoms with Crippen molar-refractivity contribution in [1.29, 1.82) is 0 Å². The van der Waals surface area contributed by atoms with Crippen molar-refractivity contribution in [2.24, 2.45) is 5.73 Å². The number of ether oxygens (including phenoxy) is 1. The molecule has 1 amide bonds. The molecule has 0 spiro atoms. The fourth-order valence-corrected chi connectivity index (χ4v) is 2.01. The molecule has 0 fully saturated rings. The van der Waals surface area contributed by atoms with E-state index >= 15 is 0 Å². The van der Waals surface area contributed by atoms with Gasteiger partial charge in [0.2, 0.25) is 0 Å². The van der Waals surface area contributed by atoms with E-state index in [2.05, 4.69) is 5.32 Å². The third-order valence-electron chi connectivity index (χ3n) is 3.16. The van der Waals surface area contributed by atoms with Gasteiger partial charge in [-0.25, -0.2) is 4.39 Å². The van der Waals surface area contributed by atoms with Gasteiger partial charge in [-0.1, -0.05) is 30.3 Å². The number of hydrogen-bond donors (Lipinski definition) is 2. The summed E-state index contributed by atoms with van der Waals surface area (Å²) < 4.78 is 18.8. The predicted molar refractivity (Wildman–Crippen MR) is 78.7 cm³/mol. The Kier molecular flexibility index (Phi) is 4.90. The van der Waals surface area contributed by atoms with E-state index in [4.69, 9.17) is 10.5 Å². The van der Waals surface area contributed by atoms with Crippen LogP contribution < -0.4 is 15.8 Å². The number of benzene rings is 2. The molecule has 0 aliphatic heterocycles. The predicted octanol–water partition coefficient (Wildman–Crippen LogP) is 2.26. The molecule has 0 aliphatic rings. The Labute approximate surface area is 122 Å². The molecule has 0 bridgehead atoms. The molecule has 0 heterocycles. The minimum Gasteiger partial charge on any atom is -0.497 e. The number of methoxy groups -OCH3 is 1. The van der Waals surface area contributed by atoms with Crippen LogP contribution in [0.4, 0.5) is 4.39 Å². The Balaban J connectivity index is 2.17. The van der Waals surface area contributed by atoms with Crippen molar-refractivity contribution in [3.8, 4) is 5.75 Å². The maximum Gasteiger partial charge on any atom is 0.254 e. The molecular weight excluding hydrogens is 271 g/mol. The van der Waals surface area contributed by atoms with Gasteiger partial charge in [0, 0.05) is 12.6 Å². The standard InChI is InChI=1S/C16H17FN2O2/c1-21-12-7-8-13(14(17)9-12)16(20)19-15(10-18)11-5-3-2-4-6-11/h2-9,15H,10,18H2,1H3,(H,19,20). The number of nitrogens with one attached hydrogen (secondary N) is 1. The molecule has 2 aromatic carbocycles. The first-order valence-electron chi connectivity index (χ1n) is 6.55. The minimum atomic E-state index is -0.629. The van der Waals surface area contributed by atoms with Gasteiger partial charge in [0.05, 0.1) is 18.7 Å². The van der Waals surface area contributed by atoms with Gasteiger partial charge in [-0.3, -0.25) is 4.79 Å². The van der Waals surface area contributed by atoms with Crippen molar-refractivity contribution in [3.63, 3.8) is 0 Å². The fraction of sp³-hybridized carbons (Fsp3) is 0.188. The van der Waals surface area contributed by atoms with Crippen LogP contribution in [0.3, 0.4) is 0 Å². The van der Waals surface area contributed by atoms with Gasteiger partial charge in [-0.2, -0.15) is 0 Å². The first kappa shape index (κ1) is 15.0. The van der Waals surface area contributed by atoms with Gasteiger partial charge in [-0.15, -0.1) is 0 Å². The molecule has 110 valence electrons. The highest BCUT2D eigenvalue weighted by Gasteiger charge is 2.17. The Morgan fingerprint density at radius 1 is 1.29 bits per heavy atom. The van der Waals surface area contributed by atoms with E-state index in [0.29, 0.717) is 5.75 Å². The maximum atomic E-state index is 13.9. The van der Waals surface area contributed by atoms with Crippen LogP contribution in [0.25, 0.3) is 0 Å². The zero-order chi connectivity index (χ0) is 15.2. The van der Waals surface area contributed by atoms with Crippen LogP contribution in [0.1, 0.15) is 22.0 Å². The second-order valence-electron chi connectivity index (χ2n) is 4.52. The Hall–Kier alpha value is -2.40. The van der Waals surface area contributed by atoms with Crippen molar-refractivity contribution < 1.29 is 13.9 Å². The molecule has 2 rings (SSSR count). The number of halogens is 1. The second-order valence-corrected chi connectivity index (χ2v) is 4.52. The smallest absolute Gasteiger partial charge is 0.254 e. The number of rotatable bonds is 5. The van der Waals surface area contributed by atoms with Gasteiger partial charge in [0.25, 0.3) is 5.91 Å². The summed E-state index contributed by atoms with van der Waals surface area (Å²) in [6.45, 7) is 0.230. The number of amides is 1. The van der Waals surface area contributed by atoms with Crippen molar-refractivity contribution in [3.05, 3.63) is 65.5 Å². The molecule has 0 saturated heterocycles. The average Bonchev–Trinajstić information content (AvgIpc) is 2.53. The van der Waals surface area contributed by atoms with Crippen molar-refractivity contribution in [1.82, 2.24) is 5.32 Å². The molecule has 1 unspecified atom stereocenters. The van der Waals surface area contributed by atoms with Crippen LogP contribution in [0.2, 0.25) is 0 Å². The lowest BCUT2D eigenvalue weighted by Crippen LogP contribution is -2.33. The molecular formula is C16H17FN2O2. The lowest BCUT2D eigenvalue weighted by atomic mass is 10.1. The van der Waals surface area contributed by atoms with Crippen molar-refractivity contribution >= 4 is 5.91 Å². The SMILES string of the molecule is COc1ccc(C(=O)NC(CN)c2ccccc2)c(F)c1. The summed E-state index contributed by atoms with van der Waals surface area (Å²) in [6, 6.07) is 13.1. The van der Waals surface area contributed by atoms with Crippen LogP contribution >= 0.6 is 0 Å². The minimum absolute atomic E-state index is 0.0369. The second kappa shape index (κ2) is 6.85. The highest BCUT2D eigenvalue weighted by atomic mass is 19.1. The number of hydrogen-bond acceptors (Lipinski definition) is 3. The van der Waals surface area contributed by atoms with E-state index in [1.54, 1.807) is 0 Å². The Morgan fingerprint density at radius 3 is 2.57 bits per heavy atom. The summed E-state index contributed by atoms with van der Waals surface area (Å²) in [7, 11) is 1.44. The quantitative estimate of drug-likeness (QED) is 0.887. The molecule has 0 aliphatic carbocycles. The normalized spacial score (nSPS) is 11.8. The van der Waals surface area contributed by atoms with Gasteiger partial charge < -0.3 is 15.8 Å². The van der Waals surface area contributed by atoms with Gasteiger partial charge >= 0.3 is 0 Å². The third-order valence-corrected chi connectivity index (χ3v) is 3.16. The van der Waals surface area contributed by atoms with Crippen LogP contribution in [0, 0.1) is 5.82 Å². The molecule has 0 saturated carbocycles. The number of nitrogens with two attached hydrogens (primary N) is 1. The lowest BCUT2D eigenvalue weighted by Gasteiger charge is -2.17. The van der Waals surface area contributed by atoms with Gasteiger partial charge in [0.1, 0.15) is 11.6 Å². The average molecular weight is 288 g/mol. The molecule has 1 atom stereocenters. The summed E-state index contributed by atoms with van der Waals surface area (Å²) in [5.74, 6) is -0.771. The van der Waals surface area contributed by atoms with Gasteiger partial charge in [0.15, 0.2) is 0 Å². The third kappa shape index (κ3) is 3.58. The van der Waals surface area contributed by atoms with Gasteiger partial charge in [-0.05, 0) is 17.7 Å². The molecule has 0 aromatic heterocycles. The molecule has 2 aromatic rings. The molecule has 0 radical (unpaired) electrons. The maximum absolute atomic E-state index is 13.9. The zero-order valence-corrected chi connectivity index (χ0v) is 11.7. The summed E-state index contributed by atoms with van der Waals surface area (Å²) >= 11 is 0. The largest absolute Gasteiger partial charge is 0.497 e. The molecule has 4 nitrogen and oxygen atoms in total. The summed E-state index contributed by atoms with van der Waals surface area (Å²) in [4.78, 5) is 12.2. The lowest BCUT2D eigenvalue weighted by molar-refractivity contribution is 0.0933. The Morgan fingerprint density at radius 2 is 2.00 bits per heavy atom. The topological polar surface area (TPSA) is 64.3 Å². The van der Waals surface area contributed by atoms with E-state index in [0.717, 1.165) is 5.56 Å². The zero-order valence-electron chi connectivity index (χ0n) is 11.7. The molecule has 3 N–H and O–H groups in total. The fourth-order valence-electron chi connectivity index (χ4n) is 2.01. The van der Waals surface area contributed by atoms with Crippen LogP contribution in [-0.2, 0) is 0 Å². The van der Waals surface area contributed by atoms with E-state index in [1.165, 1.54) is 25.3 Å². The van der Waals surface area contributed by atoms with E-state index in [9.17, 15) is 9.18 Å². The van der Waals surface area contributed by atoms with Crippen LogP contribution in [0.15, 0.2) is 48.5 Å². The monoisotopic (exact) mass is 288 g/mol. The molecule has 21 heavy (non-hydrogen) atoms. The van der Waals surface area contributed by atoms with Crippen LogP contribution in [0.5, 0.6) is 5.75 Å². The summed E-state index contributed by atoms with van der Waals surface area (Å²) in [6.07, 6.45) is 0. The number of carbonyl (C=O) groups excluding carboxylic acids is 1. The van der Waals surface area contributed by atoms with Crippen LogP contribution in [-0.4, -0.2) is 19.6 Å². The first-order chi connectivity index (χ1) is 10.2. The summed E-state index contributed by atoms with van der Waals surface area (Å²) in [5.41, 5.74) is 6.53. The Bertz CT molecular complexity index is 617. The van der Waals surface area contributed by atoms with E-state index < -0.39 is 11.7 Å². The highest BCUT2D eigenvalue weighted by molar-refractivity contribution is 5.94. The van der Waals surface area contributed by atoms with Crippen molar-refractivity contribution in [2.45, 2.75) is 6.04 Å². The summed E-state index contributed by atoms with van der Waals surface area (Å²) in [5, 5.41) is 2.73. The number of carbonyl (C=O) groups is 1. The highest BCUT2D eigenvalue weighted by Crippen LogP contribution is 2.18. The molecule has 5 heteroatoms. The van der Waals surface area contributed by atoms with E-state index in [-0.39, 0.29) is 18.2 Å².